The summed E-state index contributed by atoms with van der Waals surface area (Å²) in [6.07, 6.45) is 0.666. The maximum Gasteiger partial charge on any atom is 0.254 e. The largest absolute Gasteiger partial charge is 0.338 e. The third-order valence-electron chi connectivity index (χ3n) is 4.03. The number of hydrogen-bond donors (Lipinski definition) is 1. The molecule has 7 heteroatoms. The smallest absolute Gasteiger partial charge is 0.254 e. The molecule has 1 aliphatic heterocycles. The second kappa shape index (κ2) is 8.19. The number of halogens is 2. The van der Waals surface area contributed by atoms with Crippen LogP contribution in [0.25, 0.3) is 0 Å². The lowest BCUT2D eigenvalue weighted by atomic mass is 10.0. The van der Waals surface area contributed by atoms with E-state index >= 15 is 0 Å². The fourth-order valence-electron chi connectivity index (χ4n) is 2.83. The molecule has 0 saturated carbocycles. The third-order valence-corrected chi connectivity index (χ3v) is 4.47. The van der Waals surface area contributed by atoms with Crippen LogP contribution < -0.4 is 5.73 Å². The fourth-order valence-corrected chi connectivity index (χ4v) is 3.36. The number of benzene rings is 1. The highest BCUT2D eigenvalue weighted by Crippen LogP contribution is 2.21. The van der Waals surface area contributed by atoms with Gasteiger partial charge in [0.2, 0.25) is 5.91 Å². The molecule has 132 valence electrons. The molecule has 1 aromatic carbocycles. The summed E-state index contributed by atoms with van der Waals surface area (Å²) in [5.74, 6) is 0.207. The van der Waals surface area contributed by atoms with E-state index in [0.717, 1.165) is 0 Å². The van der Waals surface area contributed by atoms with Crippen molar-refractivity contribution in [3.05, 3.63) is 33.8 Å². The summed E-state index contributed by atoms with van der Waals surface area (Å²) >= 11 is 11.9. The summed E-state index contributed by atoms with van der Waals surface area (Å²) in [5, 5.41) is 0.860. The average molecular weight is 372 g/mol. The minimum absolute atomic E-state index is 0.0402. The first-order valence-electron chi connectivity index (χ1n) is 8.07. The molecule has 2 rings (SSSR count). The first kappa shape index (κ1) is 19.0. The van der Waals surface area contributed by atoms with Gasteiger partial charge in [-0.1, -0.05) is 37.0 Å². The topological polar surface area (TPSA) is 66.6 Å². The Labute approximate surface area is 152 Å². The molecule has 1 aliphatic rings. The SMILES string of the molecule is CC(C)C[C@H](N)C(=O)N1CCN(C(=O)c2cc(Cl)cc(Cl)c2)CC1. The van der Waals surface area contributed by atoms with Crippen molar-refractivity contribution in [1.29, 1.82) is 0 Å². The molecule has 2 amide bonds. The van der Waals surface area contributed by atoms with Gasteiger partial charge >= 0.3 is 0 Å². The summed E-state index contributed by atoms with van der Waals surface area (Å²) in [6, 6.07) is 4.32. The molecule has 0 bridgehead atoms. The molecule has 0 radical (unpaired) electrons. The van der Waals surface area contributed by atoms with Gasteiger partial charge in [-0.05, 0) is 30.5 Å². The Morgan fingerprint density at radius 1 is 1.04 bits per heavy atom. The quantitative estimate of drug-likeness (QED) is 0.884. The first-order chi connectivity index (χ1) is 11.3. The number of nitrogens with zero attached hydrogens (tertiary/aromatic N) is 2. The van der Waals surface area contributed by atoms with E-state index in [2.05, 4.69) is 0 Å². The van der Waals surface area contributed by atoms with Crippen LogP contribution in [0.2, 0.25) is 10.0 Å². The molecule has 0 unspecified atom stereocenters. The van der Waals surface area contributed by atoms with Crippen LogP contribution in [0, 0.1) is 5.92 Å². The maximum absolute atomic E-state index is 12.5. The minimum atomic E-state index is -0.473. The Morgan fingerprint density at radius 3 is 2.04 bits per heavy atom. The summed E-state index contributed by atoms with van der Waals surface area (Å²) < 4.78 is 0. The monoisotopic (exact) mass is 371 g/mol. The van der Waals surface area contributed by atoms with Gasteiger partial charge in [-0.25, -0.2) is 0 Å². The third kappa shape index (κ3) is 4.85. The van der Waals surface area contributed by atoms with E-state index in [-0.39, 0.29) is 11.8 Å². The second-order valence-corrected chi connectivity index (χ2v) is 7.38. The molecule has 0 spiro atoms. The summed E-state index contributed by atoms with van der Waals surface area (Å²) in [5.41, 5.74) is 6.43. The Balaban J connectivity index is 1.94. The van der Waals surface area contributed by atoms with E-state index in [4.69, 9.17) is 28.9 Å². The van der Waals surface area contributed by atoms with Gasteiger partial charge in [0.25, 0.3) is 5.91 Å². The van der Waals surface area contributed by atoms with Gasteiger partial charge in [0.15, 0.2) is 0 Å². The molecule has 1 fully saturated rings. The Hall–Kier alpha value is -1.30. The predicted molar refractivity (Wildman–Crippen MR) is 96.4 cm³/mol. The molecular formula is C17H23Cl2N3O2. The lowest BCUT2D eigenvalue weighted by Crippen LogP contribution is -2.54. The molecule has 24 heavy (non-hydrogen) atoms. The van der Waals surface area contributed by atoms with Crippen LogP contribution in [0.1, 0.15) is 30.6 Å². The van der Waals surface area contributed by atoms with Gasteiger partial charge in [-0.2, -0.15) is 0 Å². The molecule has 0 aromatic heterocycles. The molecule has 0 aliphatic carbocycles. The minimum Gasteiger partial charge on any atom is -0.338 e. The Kier molecular flexibility index (Phi) is 6.49. The van der Waals surface area contributed by atoms with E-state index in [0.29, 0.717) is 54.1 Å². The number of rotatable bonds is 4. The lowest BCUT2D eigenvalue weighted by Gasteiger charge is -2.36. The van der Waals surface area contributed by atoms with Crippen molar-refractivity contribution < 1.29 is 9.59 Å². The highest BCUT2D eigenvalue weighted by molar-refractivity contribution is 6.35. The number of amides is 2. The van der Waals surface area contributed by atoms with Crippen LogP contribution >= 0.6 is 23.2 Å². The number of nitrogens with two attached hydrogens (primary N) is 1. The highest BCUT2D eigenvalue weighted by Gasteiger charge is 2.28. The van der Waals surface area contributed by atoms with Crippen molar-refractivity contribution in [3.8, 4) is 0 Å². The summed E-state index contributed by atoms with van der Waals surface area (Å²) in [7, 11) is 0. The van der Waals surface area contributed by atoms with Crippen molar-refractivity contribution >= 4 is 35.0 Å². The van der Waals surface area contributed by atoms with Crippen LogP contribution in [-0.2, 0) is 4.79 Å². The van der Waals surface area contributed by atoms with Crippen molar-refractivity contribution in [3.63, 3.8) is 0 Å². The van der Waals surface area contributed by atoms with Gasteiger partial charge in [-0.3, -0.25) is 9.59 Å². The Bertz CT molecular complexity index is 594. The van der Waals surface area contributed by atoms with Crippen LogP contribution in [0.15, 0.2) is 18.2 Å². The number of hydrogen-bond acceptors (Lipinski definition) is 3. The molecule has 1 heterocycles. The summed E-state index contributed by atoms with van der Waals surface area (Å²) in [4.78, 5) is 28.3. The molecule has 1 aromatic rings. The predicted octanol–water partition coefficient (Wildman–Crippen LogP) is 2.65. The normalized spacial score (nSPS) is 16.4. The zero-order chi connectivity index (χ0) is 17.9. The van der Waals surface area contributed by atoms with Gasteiger partial charge in [-0.15, -0.1) is 0 Å². The molecule has 2 N–H and O–H groups in total. The number of piperazine rings is 1. The van der Waals surface area contributed by atoms with Crippen LogP contribution in [-0.4, -0.2) is 53.8 Å². The van der Waals surface area contributed by atoms with Crippen LogP contribution in [0.5, 0.6) is 0 Å². The zero-order valence-electron chi connectivity index (χ0n) is 14.0. The van der Waals surface area contributed by atoms with Gasteiger partial charge < -0.3 is 15.5 Å². The van der Waals surface area contributed by atoms with Gasteiger partial charge in [0.1, 0.15) is 0 Å². The maximum atomic E-state index is 12.5. The molecule has 1 saturated heterocycles. The van der Waals surface area contributed by atoms with Gasteiger partial charge in [0.05, 0.1) is 6.04 Å². The van der Waals surface area contributed by atoms with E-state index in [1.54, 1.807) is 28.0 Å². The van der Waals surface area contributed by atoms with Crippen molar-refractivity contribution in [2.24, 2.45) is 11.7 Å². The van der Waals surface area contributed by atoms with Crippen LogP contribution in [0.4, 0.5) is 0 Å². The van der Waals surface area contributed by atoms with Gasteiger partial charge in [0, 0.05) is 41.8 Å². The van der Waals surface area contributed by atoms with Crippen LogP contribution in [0.3, 0.4) is 0 Å². The molecule has 1 atom stereocenters. The second-order valence-electron chi connectivity index (χ2n) is 6.51. The van der Waals surface area contributed by atoms with E-state index < -0.39 is 6.04 Å². The standard InChI is InChI=1S/C17H23Cl2N3O2/c1-11(2)7-15(20)17(24)22-5-3-21(4-6-22)16(23)12-8-13(18)10-14(19)9-12/h8-11,15H,3-7,20H2,1-2H3/t15-/m0/s1. The molecular weight excluding hydrogens is 349 g/mol. The summed E-state index contributed by atoms with van der Waals surface area (Å²) in [6.45, 7) is 6.02. The fraction of sp³-hybridized carbons (Fsp3) is 0.529. The van der Waals surface area contributed by atoms with E-state index in [9.17, 15) is 9.59 Å². The average Bonchev–Trinajstić information content (AvgIpc) is 2.52. The van der Waals surface area contributed by atoms with E-state index in [1.807, 2.05) is 13.8 Å². The van der Waals surface area contributed by atoms with Crippen molar-refractivity contribution in [1.82, 2.24) is 9.80 Å². The lowest BCUT2D eigenvalue weighted by molar-refractivity contribution is -0.134. The molecule has 5 nitrogen and oxygen atoms in total. The first-order valence-corrected chi connectivity index (χ1v) is 8.83. The number of carbonyl (C=O) groups is 2. The van der Waals surface area contributed by atoms with Crippen molar-refractivity contribution in [2.45, 2.75) is 26.3 Å². The van der Waals surface area contributed by atoms with E-state index in [1.165, 1.54) is 0 Å². The Morgan fingerprint density at radius 2 is 1.54 bits per heavy atom. The van der Waals surface area contributed by atoms with Crippen molar-refractivity contribution in [2.75, 3.05) is 26.2 Å². The highest BCUT2D eigenvalue weighted by atomic mass is 35.5. The number of carbonyl (C=O) groups excluding carboxylic acids is 2. The zero-order valence-corrected chi connectivity index (χ0v) is 15.5.